The topological polar surface area (TPSA) is 12.0 Å². The third kappa shape index (κ3) is 3.27. The summed E-state index contributed by atoms with van der Waals surface area (Å²) >= 11 is 13.9. The Hall–Kier alpha value is -0.540. The number of thiophene rings is 1. The second kappa shape index (κ2) is 6.58. The first-order valence-electron chi connectivity index (χ1n) is 5.94. The van der Waals surface area contributed by atoms with E-state index in [9.17, 15) is 0 Å². The van der Waals surface area contributed by atoms with Crippen LogP contribution in [0, 0.1) is 0 Å². The maximum Gasteiger partial charge on any atom is 0.0686 e. The first-order valence-corrected chi connectivity index (χ1v) is 7.57. The molecule has 4 heteroatoms. The summed E-state index contributed by atoms with van der Waals surface area (Å²) in [7, 11) is 0. The van der Waals surface area contributed by atoms with Gasteiger partial charge in [0, 0.05) is 9.90 Å². The van der Waals surface area contributed by atoms with Crippen LogP contribution in [0.4, 0.5) is 0 Å². The molecule has 1 nitrogen and oxygen atoms in total. The van der Waals surface area contributed by atoms with Crippen molar-refractivity contribution in [1.82, 2.24) is 5.32 Å². The minimum atomic E-state index is 0.148. The smallest absolute Gasteiger partial charge is 0.0686 e. The van der Waals surface area contributed by atoms with Crippen LogP contribution in [-0.2, 0) is 0 Å². The van der Waals surface area contributed by atoms with E-state index in [-0.39, 0.29) is 6.04 Å². The molecule has 18 heavy (non-hydrogen) atoms. The van der Waals surface area contributed by atoms with Crippen LogP contribution in [0.3, 0.4) is 0 Å². The summed E-state index contributed by atoms with van der Waals surface area (Å²) in [6.45, 7) is 3.11. The van der Waals surface area contributed by atoms with Crippen molar-refractivity contribution < 1.29 is 0 Å². The molecule has 0 radical (unpaired) electrons. The van der Waals surface area contributed by atoms with Gasteiger partial charge in [-0.1, -0.05) is 42.3 Å². The van der Waals surface area contributed by atoms with Gasteiger partial charge < -0.3 is 5.32 Å². The first kappa shape index (κ1) is 13.9. The van der Waals surface area contributed by atoms with Crippen molar-refractivity contribution in [1.29, 1.82) is 0 Å². The molecule has 2 aromatic rings. The van der Waals surface area contributed by atoms with Crippen LogP contribution in [-0.4, -0.2) is 6.54 Å². The molecule has 1 atom stereocenters. The number of hydrogen-bond donors (Lipinski definition) is 1. The summed E-state index contributed by atoms with van der Waals surface area (Å²) in [6, 6.07) is 10.0. The summed E-state index contributed by atoms with van der Waals surface area (Å²) in [6.07, 6.45) is 1.09. The van der Waals surface area contributed by atoms with Crippen LogP contribution in [0.25, 0.3) is 0 Å². The lowest BCUT2D eigenvalue weighted by atomic mass is 10.1. The highest BCUT2D eigenvalue weighted by Crippen LogP contribution is 2.33. The molecule has 2 rings (SSSR count). The van der Waals surface area contributed by atoms with Gasteiger partial charge in [-0.15, -0.1) is 11.3 Å². The van der Waals surface area contributed by atoms with E-state index in [0.29, 0.717) is 0 Å². The molecule has 0 fully saturated rings. The number of nitrogens with one attached hydrogen (secondary N) is 1. The molecule has 1 N–H and O–H groups in total. The maximum atomic E-state index is 6.24. The molecule has 96 valence electrons. The van der Waals surface area contributed by atoms with E-state index in [2.05, 4.69) is 12.2 Å². The highest BCUT2D eigenvalue weighted by Gasteiger charge is 2.17. The molecular weight excluding hydrogens is 285 g/mol. The Morgan fingerprint density at radius 1 is 1.17 bits per heavy atom. The Labute approximate surface area is 122 Å². The van der Waals surface area contributed by atoms with E-state index < -0.39 is 0 Å². The largest absolute Gasteiger partial charge is 0.306 e. The fourth-order valence-electron chi connectivity index (χ4n) is 1.82. The quantitative estimate of drug-likeness (QED) is 0.805. The van der Waals surface area contributed by atoms with E-state index in [1.807, 2.05) is 35.7 Å². The van der Waals surface area contributed by atoms with E-state index in [0.717, 1.165) is 27.9 Å². The second-order valence-electron chi connectivity index (χ2n) is 4.07. The van der Waals surface area contributed by atoms with E-state index >= 15 is 0 Å². The van der Waals surface area contributed by atoms with E-state index in [1.54, 1.807) is 11.3 Å². The molecular formula is C14H15Cl2NS. The van der Waals surface area contributed by atoms with Crippen LogP contribution in [0.1, 0.15) is 29.8 Å². The van der Waals surface area contributed by atoms with Gasteiger partial charge in [0.05, 0.1) is 11.1 Å². The van der Waals surface area contributed by atoms with Crippen molar-refractivity contribution in [2.24, 2.45) is 0 Å². The lowest BCUT2D eigenvalue weighted by molar-refractivity contribution is 0.606. The lowest BCUT2D eigenvalue weighted by Crippen LogP contribution is -2.22. The zero-order valence-corrected chi connectivity index (χ0v) is 12.4. The third-order valence-corrected chi connectivity index (χ3v) is 4.38. The molecule has 0 aliphatic carbocycles. The molecule has 0 aliphatic heterocycles. The molecule has 1 unspecified atom stereocenters. The van der Waals surface area contributed by atoms with Crippen molar-refractivity contribution in [3.05, 3.63) is 56.2 Å². The van der Waals surface area contributed by atoms with Crippen molar-refractivity contribution in [3.8, 4) is 0 Å². The predicted molar refractivity (Wildman–Crippen MR) is 80.9 cm³/mol. The molecule has 0 saturated heterocycles. The number of halogens is 2. The molecule has 0 aliphatic rings. The summed E-state index contributed by atoms with van der Waals surface area (Å²) in [4.78, 5) is 1.16. The fourth-order valence-corrected chi connectivity index (χ4v) is 3.21. The van der Waals surface area contributed by atoms with Gasteiger partial charge in [-0.05, 0) is 42.1 Å². The van der Waals surface area contributed by atoms with Crippen molar-refractivity contribution in [2.45, 2.75) is 19.4 Å². The van der Waals surface area contributed by atoms with Crippen molar-refractivity contribution >= 4 is 34.5 Å². The Balaban J connectivity index is 2.30. The van der Waals surface area contributed by atoms with Gasteiger partial charge in [-0.3, -0.25) is 0 Å². The van der Waals surface area contributed by atoms with Crippen molar-refractivity contribution in [3.63, 3.8) is 0 Å². The average molecular weight is 300 g/mol. The van der Waals surface area contributed by atoms with E-state index in [1.165, 1.54) is 5.56 Å². The summed E-state index contributed by atoms with van der Waals surface area (Å²) in [5, 5.41) is 7.13. The number of benzene rings is 1. The molecule has 1 aromatic carbocycles. The molecule has 0 spiro atoms. The van der Waals surface area contributed by atoms with Crippen LogP contribution >= 0.6 is 34.5 Å². The molecule has 1 heterocycles. The SMILES string of the molecule is CCCNC(c1ccc(Cl)cc1)c1sccc1Cl. The second-order valence-corrected chi connectivity index (χ2v) is 5.86. The molecule has 0 saturated carbocycles. The van der Waals surface area contributed by atoms with Crippen LogP contribution in [0.15, 0.2) is 35.7 Å². The fraction of sp³-hybridized carbons (Fsp3) is 0.286. The maximum absolute atomic E-state index is 6.24. The zero-order chi connectivity index (χ0) is 13.0. The monoisotopic (exact) mass is 299 g/mol. The number of hydrogen-bond acceptors (Lipinski definition) is 2. The lowest BCUT2D eigenvalue weighted by Gasteiger charge is -2.18. The van der Waals surface area contributed by atoms with Crippen molar-refractivity contribution in [2.75, 3.05) is 6.54 Å². The summed E-state index contributed by atoms with van der Waals surface area (Å²) < 4.78 is 0. The van der Waals surface area contributed by atoms with Gasteiger partial charge in [-0.25, -0.2) is 0 Å². The standard InChI is InChI=1S/C14H15Cl2NS/c1-2-8-17-13(14-12(16)7-9-18-14)10-3-5-11(15)6-4-10/h3-7,9,13,17H,2,8H2,1H3. The van der Waals surface area contributed by atoms with Crippen LogP contribution < -0.4 is 5.32 Å². The van der Waals surface area contributed by atoms with Crippen LogP contribution in [0.2, 0.25) is 10.0 Å². The normalized spacial score (nSPS) is 12.6. The highest BCUT2D eigenvalue weighted by atomic mass is 35.5. The minimum Gasteiger partial charge on any atom is -0.306 e. The minimum absolute atomic E-state index is 0.148. The molecule has 0 amide bonds. The van der Waals surface area contributed by atoms with Gasteiger partial charge in [-0.2, -0.15) is 0 Å². The Bertz CT molecular complexity index is 493. The van der Waals surface area contributed by atoms with Gasteiger partial charge in [0.25, 0.3) is 0 Å². The summed E-state index contributed by atoms with van der Waals surface area (Å²) in [5.74, 6) is 0. The Morgan fingerprint density at radius 3 is 2.44 bits per heavy atom. The molecule has 1 aromatic heterocycles. The average Bonchev–Trinajstić information content (AvgIpc) is 2.78. The molecule has 0 bridgehead atoms. The van der Waals surface area contributed by atoms with Gasteiger partial charge in [0.1, 0.15) is 0 Å². The first-order chi connectivity index (χ1) is 8.72. The van der Waals surface area contributed by atoms with Gasteiger partial charge in [0.2, 0.25) is 0 Å². The van der Waals surface area contributed by atoms with E-state index in [4.69, 9.17) is 23.2 Å². The predicted octanol–water partition coefficient (Wildman–Crippen LogP) is 5.14. The zero-order valence-electron chi connectivity index (χ0n) is 10.1. The number of rotatable bonds is 5. The summed E-state index contributed by atoms with van der Waals surface area (Å²) in [5.41, 5.74) is 1.19. The third-order valence-electron chi connectivity index (χ3n) is 2.71. The Kier molecular flexibility index (Phi) is 5.07. The van der Waals surface area contributed by atoms with Gasteiger partial charge in [0.15, 0.2) is 0 Å². The van der Waals surface area contributed by atoms with Crippen LogP contribution in [0.5, 0.6) is 0 Å². The van der Waals surface area contributed by atoms with Gasteiger partial charge >= 0.3 is 0 Å². The Morgan fingerprint density at radius 2 is 1.89 bits per heavy atom. The highest BCUT2D eigenvalue weighted by molar-refractivity contribution is 7.10.